The fraction of sp³-hybridized carbons (Fsp3) is 0.400. The summed E-state index contributed by atoms with van der Waals surface area (Å²) in [5.41, 5.74) is -1.00. The van der Waals surface area contributed by atoms with Crippen LogP contribution >= 0.6 is 0 Å². The molecule has 0 aliphatic heterocycles. The van der Waals surface area contributed by atoms with Crippen molar-refractivity contribution in [2.45, 2.75) is 6.92 Å². The second kappa shape index (κ2) is 5.81. The van der Waals surface area contributed by atoms with Crippen LogP contribution in [-0.4, -0.2) is 19.6 Å². The SMILES string of the molecule is CCNCCNc1c(F)c(F)c(F)c(F)c1F. The van der Waals surface area contributed by atoms with E-state index in [1.807, 2.05) is 6.92 Å². The Morgan fingerprint density at radius 3 is 1.71 bits per heavy atom. The minimum Gasteiger partial charge on any atom is -0.379 e. The Morgan fingerprint density at radius 2 is 1.24 bits per heavy atom. The normalized spacial score (nSPS) is 10.7. The van der Waals surface area contributed by atoms with Gasteiger partial charge < -0.3 is 10.6 Å². The molecule has 0 unspecified atom stereocenters. The minimum atomic E-state index is -2.16. The van der Waals surface area contributed by atoms with Crippen molar-refractivity contribution in [1.29, 1.82) is 0 Å². The molecule has 1 rings (SSSR count). The van der Waals surface area contributed by atoms with E-state index in [9.17, 15) is 22.0 Å². The molecule has 0 spiro atoms. The lowest BCUT2D eigenvalue weighted by atomic mass is 10.2. The van der Waals surface area contributed by atoms with Crippen LogP contribution in [0.25, 0.3) is 0 Å². The van der Waals surface area contributed by atoms with Gasteiger partial charge in [-0.2, -0.15) is 0 Å². The monoisotopic (exact) mass is 254 g/mol. The van der Waals surface area contributed by atoms with Gasteiger partial charge in [-0.3, -0.25) is 0 Å². The predicted molar refractivity (Wildman–Crippen MR) is 53.3 cm³/mol. The molecule has 0 atom stereocenters. The van der Waals surface area contributed by atoms with E-state index in [2.05, 4.69) is 10.6 Å². The Kier molecular flexibility index (Phi) is 4.68. The molecule has 0 saturated heterocycles. The van der Waals surface area contributed by atoms with E-state index in [-0.39, 0.29) is 6.54 Å². The summed E-state index contributed by atoms with van der Waals surface area (Å²) in [6.45, 7) is 2.85. The smallest absolute Gasteiger partial charge is 0.200 e. The second-order valence-electron chi connectivity index (χ2n) is 3.23. The van der Waals surface area contributed by atoms with Gasteiger partial charge in [0.05, 0.1) is 0 Å². The Balaban J connectivity index is 2.92. The van der Waals surface area contributed by atoms with Crippen LogP contribution in [0.15, 0.2) is 0 Å². The molecule has 0 amide bonds. The molecule has 0 aliphatic carbocycles. The fourth-order valence-electron chi connectivity index (χ4n) is 1.21. The van der Waals surface area contributed by atoms with Gasteiger partial charge in [0, 0.05) is 13.1 Å². The topological polar surface area (TPSA) is 24.1 Å². The van der Waals surface area contributed by atoms with Crippen molar-refractivity contribution in [2.24, 2.45) is 0 Å². The maximum Gasteiger partial charge on any atom is 0.200 e. The molecule has 17 heavy (non-hydrogen) atoms. The number of benzene rings is 1. The summed E-state index contributed by atoms with van der Waals surface area (Å²) in [5.74, 6) is -9.75. The Bertz CT molecular complexity index is 379. The van der Waals surface area contributed by atoms with Crippen LogP contribution in [0.4, 0.5) is 27.6 Å². The Hall–Kier alpha value is -1.37. The molecule has 0 aromatic heterocycles. The quantitative estimate of drug-likeness (QED) is 0.365. The van der Waals surface area contributed by atoms with Crippen molar-refractivity contribution in [3.63, 3.8) is 0 Å². The maximum atomic E-state index is 13.1. The number of rotatable bonds is 5. The summed E-state index contributed by atoms with van der Waals surface area (Å²) in [7, 11) is 0. The van der Waals surface area contributed by atoms with E-state index in [1.165, 1.54) is 0 Å². The van der Waals surface area contributed by atoms with Gasteiger partial charge in [0.2, 0.25) is 5.82 Å². The molecule has 0 heterocycles. The first-order valence-electron chi connectivity index (χ1n) is 4.96. The van der Waals surface area contributed by atoms with Crippen LogP contribution in [0, 0.1) is 29.1 Å². The molecule has 0 saturated carbocycles. The van der Waals surface area contributed by atoms with Crippen LogP contribution in [0.5, 0.6) is 0 Å². The van der Waals surface area contributed by atoms with Crippen LogP contribution in [0.3, 0.4) is 0 Å². The largest absolute Gasteiger partial charge is 0.379 e. The van der Waals surface area contributed by atoms with Crippen molar-refractivity contribution in [3.8, 4) is 0 Å². The van der Waals surface area contributed by atoms with Crippen molar-refractivity contribution in [3.05, 3.63) is 29.1 Å². The fourth-order valence-corrected chi connectivity index (χ4v) is 1.21. The highest BCUT2D eigenvalue weighted by atomic mass is 19.2. The van der Waals surface area contributed by atoms with Crippen LogP contribution in [0.1, 0.15) is 6.92 Å². The molecule has 2 N–H and O–H groups in total. The Labute approximate surface area is 94.8 Å². The standard InChI is InChI=1S/C10H11F5N2/c1-2-16-3-4-17-10-8(14)6(12)5(11)7(13)9(10)15/h16-17H,2-4H2,1H3. The lowest BCUT2D eigenvalue weighted by Crippen LogP contribution is -2.23. The summed E-state index contributed by atoms with van der Waals surface area (Å²) in [6.07, 6.45) is 0. The van der Waals surface area contributed by atoms with Gasteiger partial charge in [-0.15, -0.1) is 0 Å². The van der Waals surface area contributed by atoms with Gasteiger partial charge in [0.25, 0.3) is 0 Å². The lowest BCUT2D eigenvalue weighted by Gasteiger charge is -2.10. The van der Waals surface area contributed by atoms with Crippen LogP contribution in [-0.2, 0) is 0 Å². The Morgan fingerprint density at radius 1 is 0.765 bits per heavy atom. The highest BCUT2D eigenvalue weighted by Crippen LogP contribution is 2.26. The number of halogens is 5. The van der Waals surface area contributed by atoms with Crippen molar-refractivity contribution >= 4 is 5.69 Å². The predicted octanol–water partition coefficient (Wildman–Crippen LogP) is 2.40. The van der Waals surface area contributed by atoms with Gasteiger partial charge in [0.15, 0.2) is 23.3 Å². The molecule has 96 valence electrons. The molecule has 0 radical (unpaired) electrons. The average molecular weight is 254 g/mol. The zero-order chi connectivity index (χ0) is 13.0. The van der Waals surface area contributed by atoms with E-state index in [1.54, 1.807) is 0 Å². The molecule has 0 fully saturated rings. The van der Waals surface area contributed by atoms with E-state index in [0.29, 0.717) is 13.1 Å². The maximum absolute atomic E-state index is 13.1. The first kappa shape index (κ1) is 13.7. The molecule has 0 aliphatic rings. The van der Waals surface area contributed by atoms with E-state index in [4.69, 9.17) is 0 Å². The average Bonchev–Trinajstić information content (AvgIpc) is 2.33. The van der Waals surface area contributed by atoms with Gasteiger partial charge >= 0.3 is 0 Å². The van der Waals surface area contributed by atoms with Crippen LogP contribution in [0.2, 0.25) is 0 Å². The third-order valence-electron chi connectivity index (χ3n) is 2.06. The highest BCUT2D eigenvalue weighted by Gasteiger charge is 2.25. The van der Waals surface area contributed by atoms with E-state index < -0.39 is 34.8 Å². The first-order chi connectivity index (χ1) is 8.00. The van der Waals surface area contributed by atoms with Gasteiger partial charge in [-0.25, -0.2) is 22.0 Å². The lowest BCUT2D eigenvalue weighted by molar-refractivity contribution is 0.381. The zero-order valence-corrected chi connectivity index (χ0v) is 9.01. The summed E-state index contributed by atoms with van der Waals surface area (Å²) < 4.78 is 64.4. The number of anilines is 1. The van der Waals surface area contributed by atoms with E-state index >= 15 is 0 Å². The first-order valence-corrected chi connectivity index (χ1v) is 4.96. The molecule has 7 heteroatoms. The van der Waals surface area contributed by atoms with Crippen molar-refractivity contribution < 1.29 is 22.0 Å². The molecule has 0 bridgehead atoms. The third-order valence-corrected chi connectivity index (χ3v) is 2.06. The van der Waals surface area contributed by atoms with E-state index in [0.717, 1.165) is 0 Å². The molecule has 2 nitrogen and oxygen atoms in total. The molecule has 1 aromatic rings. The number of hydrogen-bond acceptors (Lipinski definition) is 2. The molecular formula is C10H11F5N2. The number of hydrogen-bond donors (Lipinski definition) is 2. The van der Waals surface area contributed by atoms with Gasteiger partial charge in [-0.05, 0) is 6.54 Å². The zero-order valence-electron chi connectivity index (χ0n) is 9.01. The number of nitrogens with one attached hydrogen (secondary N) is 2. The molecular weight excluding hydrogens is 243 g/mol. The third kappa shape index (κ3) is 2.85. The summed E-state index contributed by atoms with van der Waals surface area (Å²) >= 11 is 0. The van der Waals surface area contributed by atoms with Gasteiger partial charge in [-0.1, -0.05) is 6.92 Å². The summed E-state index contributed by atoms with van der Waals surface area (Å²) in [6, 6.07) is 0. The number of likely N-dealkylation sites (N-methyl/N-ethyl adjacent to an activating group) is 1. The van der Waals surface area contributed by atoms with Crippen molar-refractivity contribution in [2.75, 3.05) is 25.0 Å². The highest BCUT2D eigenvalue weighted by molar-refractivity contribution is 5.47. The summed E-state index contributed by atoms with van der Waals surface area (Å²) in [5, 5.41) is 4.99. The van der Waals surface area contributed by atoms with Crippen LogP contribution < -0.4 is 10.6 Å². The second-order valence-corrected chi connectivity index (χ2v) is 3.23. The minimum absolute atomic E-state index is 0.0478. The van der Waals surface area contributed by atoms with Gasteiger partial charge in [0.1, 0.15) is 5.69 Å². The van der Waals surface area contributed by atoms with Crippen molar-refractivity contribution in [1.82, 2.24) is 5.32 Å². The summed E-state index contributed by atoms with van der Waals surface area (Å²) in [4.78, 5) is 0. The molecule has 1 aromatic carbocycles.